The van der Waals surface area contributed by atoms with Crippen molar-refractivity contribution in [2.75, 3.05) is 43.0 Å². The highest BCUT2D eigenvalue weighted by molar-refractivity contribution is 5.80. The van der Waals surface area contributed by atoms with Gasteiger partial charge in [-0.25, -0.2) is 8.78 Å². The molecule has 1 fully saturated rings. The van der Waals surface area contributed by atoms with Gasteiger partial charge in [0.2, 0.25) is 0 Å². The van der Waals surface area contributed by atoms with Crippen molar-refractivity contribution in [1.29, 1.82) is 0 Å². The predicted molar refractivity (Wildman–Crippen MR) is 115 cm³/mol. The molecule has 2 aromatic rings. The fraction of sp³-hybridized carbons (Fsp3) is 0.500. The molecule has 1 atom stereocenters. The lowest BCUT2D eigenvalue weighted by molar-refractivity contribution is 0.158. The van der Waals surface area contributed by atoms with Gasteiger partial charge >= 0.3 is 0 Å². The van der Waals surface area contributed by atoms with E-state index in [1.165, 1.54) is 30.7 Å². The predicted octanol–water partition coefficient (Wildman–Crippen LogP) is 4.65. The Kier molecular flexibility index (Phi) is 5.50. The van der Waals surface area contributed by atoms with Crippen molar-refractivity contribution < 1.29 is 13.5 Å². The molecule has 1 unspecified atom stereocenters. The van der Waals surface area contributed by atoms with Gasteiger partial charge in [0, 0.05) is 13.1 Å². The van der Waals surface area contributed by atoms with E-state index in [0.29, 0.717) is 12.5 Å². The molecule has 3 aliphatic heterocycles. The second-order valence-corrected chi connectivity index (χ2v) is 8.75. The van der Waals surface area contributed by atoms with Crippen molar-refractivity contribution in [3.8, 4) is 5.75 Å². The molecule has 2 aromatic carbocycles. The molecule has 0 spiro atoms. The molecule has 160 valence electrons. The highest BCUT2D eigenvalue weighted by atomic mass is 19.1. The van der Waals surface area contributed by atoms with Gasteiger partial charge < -0.3 is 15.0 Å². The highest BCUT2D eigenvalue weighted by Crippen LogP contribution is 2.42. The Morgan fingerprint density at radius 3 is 2.60 bits per heavy atom. The van der Waals surface area contributed by atoms with E-state index in [9.17, 15) is 8.78 Å². The van der Waals surface area contributed by atoms with Crippen LogP contribution in [0, 0.1) is 17.6 Å². The molecule has 6 heteroatoms. The van der Waals surface area contributed by atoms with E-state index < -0.39 is 0 Å². The Morgan fingerprint density at radius 2 is 1.80 bits per heavy atom. The fourth-order valence-electron chi connectivity index (χ4n) is 5.14. The van der Waals surface area contributed by atoms with Crippen LogP contribution in [0.15, 0.2) is 36.4 Å². The first-order valence-corrected chi connectivity index (χ1v) is 11.1. The van der Waals surface area contributed by atoms with Crippen LogP contribution >= 0.6 is 0 Å². The van der Waals surface area contributed by atoms with Crippen molar-refractivity contribution in [2.24, 2.45) is 5.92 Å². The number of piperidine rings is 1. The Morgan fingerprint density at radius 1 is 1.00 bits per heavy atom. The van der Waals surface area contributed by atoms with Crippen LogP contribution in [0.25, 0.3) is 0 Å². The first-order chi connectivity index (χ1) is 14.7. The van der Waals surface area contributed by atoms with E-state index in [4.69, 9.17) is 4.74 Å². The molecule has 0 saturated carbocycles. The van der Waals surface area contributed by atoms with E-state index in [2.05, 4.69) is 15.1 Å². The van der Waals surface area contributed by atoms with E-state index >= 15 is 0 Å². The summed E-state index contributed by atoms with van der Waals surface area (Å²) in [6.07, 6.45) is 5.67. The Bertz CT molecular complexity index is 881. The summed E-state index contributed by atoms with van der Waals surface area (Å²) in [7, 11) is 0. The van der Waals surface area contributed by atoms with Gasteiger partial charge in [-0.3, -0.25) is 4.90 Å². The summed E-state index contributed by atoms with van der Waals surface area (Å²) in [5.74, 6) is 1.03. The third-order valence-corrected chi connectivity index (χ3v) is 6.73. The van der Waals surface area contributed by atoms with Gasteiger partial charge in [-0.15, -0.1) is 0 Å². The Hall–Kier alpha value is -2.34. The van der Waals surface area contributed by atoms with Crippen molar-refractivity contribution >= 4 is 11.4 Å². The topological polar surface area (TPSA) is 27.7 Å². The molecule has 1 saturated heterocycles. The number of hydrogen-bond acceptors (Lipinski definition) is 4. The van der Waals surface area contributed by atoms with Crippen LogP contribution in [0.2, 0.25) is 0 Å². The second kappa shape index (κ2) is 8.42. The Labute approximate surface area is 176 Å². The fourth-order valence-corrected chi connectivity index (χ4v) is 5.14. The minimum Gasteiger partial charge on any atom is -0.494 e. The number of anilines is 2. The molecular formula is C24H29F2N3O. The van der Waals surface area contributed by atoms with Gasteiger partial charge in [0.1, 0.15) is 23.5 Å². The van der Waals surface area contributed by atoms with Crippen molar-refractivity contribution in [3.05, 3.63) is 53.6 Å². The largest absolute Gasteiger partial charge is 0.494 e. The average Bonchev–Trinajstić information content (AvgIpc) is 3.09. The van der Waals surface area contributed by atoms with Crippen LogP contribution in [0.3, 0.4) is 0 Å². The smallest absolute Gasteiger partial charge is 0.125 e. The summed E-state index contributed by atoms with van der Waals surface area (Å²) in [5.41, 5.74) is 3.33. The molecule has 0 radical (unpaired) electrons. The van der Waals surface area contributed by atoms with Crippen LogP contribution in [-0.4, -0.2) is 43.9 Å². The second-order valence-electron chi connectivity index (χ2n) is 8.75. The molecule has 3 heterocycles. The number of ether oxygens (including phenoxy) is 1. The summed E-state index contributed by atoms with van der Waals surface area (Å²) in [6.45, 7) is 4.86. The van der Waals surface area contributed by atoms with E-state index in [1.54, 1.807) is 24.3 Å². The van der Waals surface area contributed by atoms with Gasteiger partial charge in [-0.1, -0.05) is 0 Å². The van der Waals surface area contributed by atoms with E-state index in [-0.39, 0.29) is 17.8 Å². The number of nitrogens with zero attached hydrogens (tertiary/aromatic N) is 2. The monoisotopic (exact) mass is 413 g/mol. The SMILES string of the molecule is Fc1ccc(OCCC2CCN(CC3Nc4cc(F)cc5c4N3CCC5)CC2)cc1. The highest BCUT2D eigenvalue weighted by Gasteiger charge is 2.35. The molecule has 0 bridgehead atoms. The molecule has 1 N–H and O–H groups in total. The summed E-state index contributed by atoms with van der Waals surface area (Å²) >= 11 is 0. The molecule has 30 heavy (non-hydrogen) atoms. The molecule has 4 nitrogen and oxygen atoms in total. The van der Waals surface area contributed by atoms with Gasteiger partial charge in [-0.05, 0) is 93.1 Å². The normalized spacial score (nSPS) is 21.4. The zero-order valence-electron chi connectivity index (χ0n) is 17.2. The summed E-state index contributed by atoms with van der Waals surface area (Å²) in [4.78, 5) is 4.97. The lowest BCUT2D eigenvalue weighted by Crippen LogP contribution is -2.48. The quantitative estimate of drug-likeness (QED) is 0.746. The number of hydrogen-bond donors (Lipinski definition) is 1. The summed E-state index contributed by atoms with van der Waals surface area (Å²) in [6, 6.07) is 9.58. The number of likely N-dealkylation sites (tertiary alicyclic amines) is 1. The van der Waals surface area contributed by atoms with Crippen LogP contribution in [0.4, 0.5) is 20.2 Å². The van der Waals surface area contributed by atoms with Gasteiger partial charge in [0.05, 0.1) is 18.0 Å². The molecular weight excluding hydrogens is 384 g/mol. The van der Waals surface area contributed by atoms with Gasteiger partial charge in [-0.2, -0.15) is 0 Å². The zero-order valence-corrected chi connectivity index (χ0v) is 17.2. The summed E-state index contributed by atoms with van der Waals surface area (Å²) in [5, 5.41) is 3.57. The third-order valence-electron chi connectivity index (χ3n) is 6.73. The maximum Gasteiger partial charge on any atom is 0.125 e. The van der Waals surface area contributed by atoms with E-state index in [0.717, 1.165) is 62.4 Å². The van der Waals surface area contributed by atoms with Crippen molar-refractivity contribution in [3.63, 3.8) is 0 Å². The number of rotatable bonds is 6. The number of benzene rings is 2. The maximum atomic E-state index is 13.9. The minimum atomic E-state index is -0.236. The zero-order chi connectivity index (χ0) is 20.5. The standard InChI is InChI=1S/C24H29F2N3O/c25-19-3-5-21(6-4-19)30-13-9-17-7-11-28(12-8-17)16-23-27-22-15-20(26)14-18-2-1-10-29(23)24(18)22/h3-6,14-15,17,23,27H,1-2,7-13,16H2. The maximum absolute atomic E-state index is 13.9. The van der Waals surface area contributed by atoms with Gasteiger partial charge in [0.25, 0.3) is 0 Å². The van der Waals surface area contributed by atoms with Crippen LogP contribution in [-0.2, 0) is 6.42 Å². The molecule has 0 aromatic heterocycles. The lowest BCUT2D eigenvalue weighted by Gasteiger charge is -2.37. The van der Waals surface area contributed by atoms with Crippen molar-refractivity contribution in [1.82, 2.24) is 4.90 Å². The first-order valence-electron chi connectivity index (χ1n) is 11.1. The van der Waals surface area contributed by atoms with E-state index in [1.807, 2.05) is 0 Å². The number of nitrogens with one attached hydrogen (secondary N) is 1. The van der Waals surface area contributed by atoms with Gasteiger partial charge in [0.15, 0.2) is 0 Å². The average molecular weight is 414 g/mol. The molecule has 5 rings (SSSR count). The summed E-state index contributed by atoms with van der Waals surface area (Å²) < 4.78 is 32.6. The number of halogens is 2. The molecule has 0 amide bonds. The first kappa shape index (κ1) is 19.6. The molecule has 0 aliphatic carbocycles. The van der Waals surface area contributed by atoms with Crippen LogP contribution in [0.5, 0.6) is 5.75 Å². The third kappa shape index (κ3) is 4.10. The minimum absolute atomic E-state index is 0.137. The lowest BCUT2D eigenvalue weighted by atomic mass is 9.94. The molecule has 3 aliphatic rings. The van der Waals surface area contributed by atoms with Crippen LogP contribution in [0.1, 0.15) is 31.2 Å². The Balaban J connectivity index is 1.09. The van der Waals surface area contributed by atoms with Crippen LogP contribution < -0.4 is 15.0 Å². The van der Waals surface area contributed by atoms with Crippen molar-refractivity contribution in [2.45, 2.75) is 38.3 Å². The number of aryl methyl sites for hydroxylation is 1.